The third-order valence-electron chi connectivity index (χ3n) is 7.81. The van der Waals surface area contributed by atoms with Gasteiger partial charge in [0.05, 0.1) is 25.4 Å². The third kappa shape index (κ3) is 7.57. The lowest BCUT2D eigenvalue weighted by atomic mass is 9.82. The maximum Gasteiger partial charge on any atom is 0.200 e. The molecule has 3 aromatic carbocycles. The lowest BCUT2D eigenvalue weighted by molar-refractivity contribution is 0.0116. The Morgan fingerprint density at radius 2 is 1.63 bits per heavy atom. The molecule has 1 atom stereocenters. The number of allylic oxidation sites excluding steroid dienone is 1. The summed E-state index contributed by atoms with van der Waals surface area (Å²) in [5.74, 6) is -4.01. The van der Waals surface area contributed by atoms with Crippen molar-refractivity contribution >= 4 is 0 Å². The number of hydrogen-bond donors (Lipinski definition) is 1. The van der Waals surface area contributed by atoms with E-state index in [9.17, 15) is 13.9 Å². The van der Waals surface area contributed by atoms with Crippen molar-refractivity contribution in [2.24, 2.45) is 0 Å². The van der Waals surface area contributed by atoms with Crippen LogP contribution in [-0.2, 0) is 11.3 Å². The van der Waals surface area contributed by atoms with Gasteiger partial charge in [-0.3, -0.25) is 0 Å². The molecule has 0 saturated heterocycles. The van der Waals surface area contributed by atoms with Crippen LogP contribution in [-0.4, -0.2) is 17.8 Å². The van der Waals surface area contributed by atoms with Crippen molar-refractivity contribution < 1.29 is 32.1 Å². The smallest absolute Gasteiger partial charge is 0.200 e. The summed E-state index contributed by atoms with van der Waals surface area (Å²) in [6.45, 7) is 5.79. The highest BCUT2D eigenvalue weighted by Gasteiger charge is 2.27. The van der Waals surface area contributed by atoms with E-state index in [0.717, 1.165) is 18.4 Å². The molecule has 1 aliphatic rings. The summed E-state index contributed by atoms with van der Waals surface area (Å²) in [7, 11) is 0. The number of halogens is 4. The summed E-state index contributed by atoms with van der Waals surface area (Å²) in [6.07, 6.45) is 6.25. The van der Waals surface area contributed by atoms with E-state index < -0.39 is 29.4 Å². The largest absolute Gasteiger partial charge is 0.490 e. The zero-order valence-electron chi connectivity index (χ0n) is 23.5. The minimum absolute atomic E-state index is 0.0826. The molecule has 4 rings (SSSR count). The molecule has 220 valence electrons. The first kappa shape index (κ1) is 30.8. The summed E-state index contributed by atoms with van der Waals surface area (Å²) in [5, 5.41) is 10.2. The summed E-state index contributed by atoms with van der Waals surface area (Å²) in [4.78, 5) is 0. The van der Waals surface area contributed by atoms with Gasteiger partial charge in [0, 0.05) is 11.1 Å². The van der Waals surface area contributed by atoms with E-state index in [-0.39, 0.29) is 42.1 Å². The Balaban J connectivity index is 1.32. The van der Waals surface area contributed by atoms with Gasteiger partial charge in [0.25, 0.3) is 0 Å². The van der Waals surface area contributed by atoms with Gasteiger partial charge in [-0.1, -0.05) is 55.8 Å². The lowest BCUT2D eigenvalue weighted by Crippen LogP contribution is -2.21. The zero-order valence-corrected chi connectivity index (χ0v) is 23.5. The van der Waals surface area contributed by atoms with Gasteiger partial charge in [-0.15, -0.1) is 6.58 Å². The number of aliphatic hydroxyl groups is 1. The molecule has 0 aromatic heterocycles. The molecule has 41 heavy (non-hydrogen) atoms. The van der Waals surface area contributed by atoms with Gasteiger partial charge in [0.15, 0.2) is 23.2 Å². The molecular formula is C34H38F4O3. The molecule has 0 radical (unpaired) electrons. The molecule has 1 unspecified atom stereocenters. The van der Waals surface area contributed by atoms with E-state index in [4.69, 9.17) is 9.47 Å². The molecule has 1 N–H and O–H groups in total. The number of aliphatic hydroxyl groups excluding tert-OH is 1. The highest BCUT2D eigenvalue weighted by molar-refractivity contribution is 5.65. The molecule has 7 heteroatoms. The Hall–Kier alpha value is -3.16. The summed E-state index contributed by atoms with van der Waals surface area (Å²) < 4.78 is 70.5. The zero-order chi connectivity index (χ0) is 29.4. The second kappa shape index (κ2) is 14.6. The summed E-state index contributed by atoms with van der Waals surface area (Å²) >= 11 is 0. The fourth-order valence-electron chi connectivity index (χ4n) is 5.38. The number of ether oxygens (including phenoxy) is 2. The lowest BCUT2D eigenvalue weighted by Gasteiger charge is -2.29. The van der Waals surface area contributed by atoms with Gasteiger partial charge in [0.1, 0.15) is 0 Å². The van der Waals surface area contributed by atoms with Crippen LogP contribution in [0.1, 0.15) is 87.0 Å². The average Bonchev–Trinajstić information content (AvgIpc) is 2.99. The Labute approximate surface area is 239 Å². The third-order valence-corrected chi connectivity index (χ3v) is 7.81. The predicted molar refractivity (Wildman–Crippen MR) is 153 cm³/mol. The van der Waals surface area contributed by atoms with Crippen LogP contribution in [0, 0.1) is 23.3 Å². The summed E-state index contributed by atoms with van der Waals surface area (Å²) in [5.41, 5.74) is 1.94. The van der Waals surface area contributed by atoms with Gasteiger partial charge < -0.3 is 14.6 Å². The molecular weight excluding hydrogens is 532 g/mol. The Bertz CT molecular complexity index is 1300. The molecule has 1 aliphatic carbocycles. The first-order valence-corrected chi connectivity index (χ1v) is 14.4. The van der Waals surface area contributed by atoms with E-state index in [1.165, 1.54) is 12.1 Å². The van der Waals surface area contributed by atoms with Crippen LogP contribution in [0.2, 0.25) is 0 Å². The highest BCUT2D eigenvalue weighted by Crippen LogP contribution is 2.38. The molecule has 3 nitrogen and oxygen atoms in total. The molecule has 1 saturated carbocycles. The normalized spacial score (nSPS) is 17.8. The molecule has 1 fully saturated rings. The number of unbranched alkanes of at least 4 members (excludes halogenated alkanes) is 1. The van der Waals surface area contributed by atoms with Gasteiger partial charge in [0.2, 0.25) is 5.82 Å². The van der Waals surface area contributed by atoms with E-state index in [1.54, 1.807) is 42.5 Å². The van der Waals surface area contributed by atoms with Crippen molar-refractivity contribution in [2.45, 2.75) is 83.0 Å². The fourth-order valence-corrected chi connectivity index (χ4v) is 5.38. The van der Waals surface area contributed by atoms with Gasteiger partial charge in [-0.25, -0.2) is 13.2 Å². The molecule has 0 bridgehead atoms. The molecule has 0 spiro atoms. The molecule has 0 heterocycles. The van der Waals surface area contributed by atoms with Gasteiger partial charge in [-0.2, -0.15) is 4.39 Å². The number of rotatable bonds is 13. The molecule has 3 aromatic rings. The van der Waals surface area contributed by atoms with Gasteiger partial charge >= 0.3 is 0 Å². The first-order chi connectivity index (χ1) is 19.8. The molecule has 0 amide bonds. The van der Waals surface area contributed by atoms with E-state index in [2.05, 4.69) is 6.58 Å². The minimum Gasteiger partial charge on any atom is -0.490 e. The van der Waals surface area contributed by atoms with Crippen LogP contribution in [0.5, 0.6) is 5.75 Å². The van der Waals surface area contributed by atoms with Crippen molar-refractivity contribution in [1.29, 1.82) is 0 Å². The van der Waals surface area contributed by atoms with Crippen LogP contribution >= 0.6 is 0 Å². The van der Waals surface area contributed by atoms with E-state index >= 15 is 8.78 Å². The van der Waals surface area contributed by atoms with Crippen LogP contribution in [0.3, 0.4) is 0 Å². The standard InChI is InChI=1S/C34H38F4O3/c1-3-5-6-20-40-30-19-14-25(31(35)34(30)38)21-41-26-15-12-23(13-16-26)28-18-17-27(32(36)33(28)37)22-8-10-24(11-9-22)29(39)7-4-2/h3,8-11,14,17-19,23,26,29,39H,1,4-7,12-13,15-16,20-21H2,2H3. The van der Waals surface area contributed by atoms with Crippen LogP contribution < -0.4 is 4.74 Å². The highest BCUT2D eigenvalue weighted by atomic mass is 19.2. The van der Waals surface area contributed by atoms with Crippen LogP contribution in [0.15, 0.2) is 61.2 Å². The van der Waals surface area contributed by atoms with Crippen molar-refractivity contribution in [3.05, 3.63) is 101 Å². The second-order valence-corrected chi connectivity index (χ2v) is 10.7. The Morgan fingerprint density at radius 1 is 0.902 bits per heavy atom. The van der Waals surface area contributed by atoms with Crippen LogP contribution in [0.4, 0.5) is 17.6 Å². The van der Waals surface area contributed by atoms with Crippen molar-refractivity contribution in [1.82, 2.24) is 0 Å². The fraction of sp³-hybridized carbons (Fsp3) is 0.412. The van der Waals surface area contributed by atoms with Gasteiger partial charge in [-0.05, 0) is 79.7 Å². The Kier molecular flexibility index (Phi) is 11.0. The topological polar surface area (TPSA) is 38.7 Å². The summed E-state index contributed by atoms with van der Waals surface area (Å²) in [6, 6.07) is 13.0. The van der Waals surface area contributed by atoms with E-state index in [0.29, 0.717) is 49.7 Å². The minimum atomic E-state index is -1.03. The Morgan fingerprint density at radius 3 is 2.32 bits per heavy atom. The van der Waals surface area contributed by atoms with Crippen molar-refractivity contribution in [3.63, 3.8) is 0 Å². The van der Waals surface area contributed by atoms with E-state index in [1.807, 2.05) is 6.92 Å². The second-order valence-electron chi connectivity index (χ2n) is 10.7. The van der Waals surface area contributed by atoms with Crippen molar-refractivity contribution in [2.75, 3.05) is 6.61 Å². The SMILES string of the molecule is C=CCCCOc1ccc(COC2CCC(c3ccc(-c4ccc(C(O)CCC)cc4)c(F)c3F)CC2)c(F)c1F. The first-order valence-electron chi connectivity index (χ1n) is 14.4. The van der Waals surface area contributed by atoms with Crippen LogP contribution in [0.25, 0.3) is 11.1 Å². The maximum atomic E-state index is 15.2. The predicted octanol–water partition coefficient (Wildman–Crippen LogP) is 9.33. The maximum absolute atomic E-state index is 15.2. The molecule has 0 aliphatic heterocycles. The average molecular weight is 571 g/mol. The van der Waals surface area contributed by atoms with Crippen molar-refractivity contribution in [3.8, 4) is 16.9 Å². The quantitative estimate of drug-likeness (QED) is 0.126. The number of benzene rings is 3. The monoisotopic (exact) mass is 570 g/mol. The number of hydrogen-bond acceptors (Lipinski definition) is 3.